The molecule has 2 aromatic carbocycles. The molecule has 286 valence electrons. The van der Waals surface area contributed by atoms with Gasteiger partial charge in [-0.15, -0.1) is 0 Å². The summed E-state index contributed by atoms with van der Waals surface area (Å²) in [5.74, 6) is 2.58. The fraction of sp³-hybridized carbons (Fsp3) is 0.351. The van der Waals surface area contributed by atoms with Gasteiger partial charge in [-0.1, -0.05) is 39.1 Å². The lowest BCUT2D eigenvalue weighted by molar-refractivity contribution is -0.141. The number of methoxy groups -OCH3 is 4. The van der Waals surface area contributed by atoms with Gasteiger partial charge in [-0.25, -0.2) is 9.97 Å². The van der Waals surface area contributed by atoms with E-state index in [-0.39, 0.29) is 32.2 Å². The fourth-order valence-electron chi connectivity index (χ4n) is 4.30. The van der Waals surface area contributed by atoms with E-state index in [1.165, 1.54) is 40.6 Å². The Bertz CT molecular complexity index is 1700. The Morgan fingerprint density at radius 3 is 1.40 bits per heavy atom. The molecule has 9 nitrogen and oxygen atoms in total. The molecular weight excluding hydrogens is 694 g/mol. The fourth-order valence-corrected chi connectivity index (χ4v) is 4.30. The Labute approximate surface area is 300 Å². The Hall–Kier alpha value is -5.18. The summed E-state index contributed by atoms with van der Waals surface area (Å²) < 4.78 is 98.1. The number of aliphatic hydroxyl groups is 1. The minimum absolute atomic E-state index is 0. The van der Waals surface area contributed by atoms with Crippen LogP contribution in [0.25, 0.3) is 6.08 Å². The molecule has 52 heavy (non-hydrogen) atoms. The Morgan fingerprint density at radius 1 is 0.635 bits per heavy atom. The van der Waals surface area contributed by atoms with Crippen molar-refractivity contribution in [2.75, 3.05) is 45.7 Å². The summed E-state index contributed by atoms with van der Waals surface area (Å²) in [6.07, 6.45) is -7.14. The lowest BCUT2D eigenvalue weighted by Gasteiger charge is -2.13. The van der Waals surface area contributed by atoms with Gasteiger partial charge >= 0.3 is 12.4 Å². The van der Waals surface area contributed by atoms with Gasteiger partial charge in [0.2, 0.25) is 0 Å². The first-order valence-electron chi connectivity index (χ1n) is 15.5. The van der Waals surface area contributed by atoms with Crippen molar-refractivity contribution in [2.45, 2.75) is 53.1 Å². The third-order valence-corrected chi connectivity index (χ3v) is 6.80. The highest BCUT2D eigenvalue weighted by Crippen LogP contribution is 2.32. The van der Waals surface area contributed by atoms with E-state index < -0.39 is 23.7 Å². The van der Waals surface area contributed by atoms with E-state index in [4.69, 9.17) is 24.1 Å². The van der Waals surface area contributed by atoms with Crippen molar-refractivity contribution < 1.29 is 50.4 Å². The molecule has 15 heteroatoms. The highest BCUT2D eigenvalue weighted by Gasteiger charge is 2.34. The number of nitrogens with one attached hydrogen (secondary N) is 2. The van der Waals surface area contributed by atoms with Crippen LogP contribution in [-0.2, 0) is 31.9 Å². The zero-order valence-corrected chi connectivity index (χ0v) is 29.1. The normalized spacial score (nSPS) is 10.6. The second kappa shape index (κ2) is 21.2. The number of alkyl halides is 6. The SMILES string of the molecule is C.C=Cc1cc(NCc2ccc(OC)c(OC)c2)nc(C(F)(F)F)c1.CCO.CCc1cc(NCc2ccc(OC)c(OC)c2)nc(C(F)(F)F)c1. The Kier molecular flexibility index (Phi) is 18.3. The van der Waals surface area contributed by atoms with Crippen LogP contribution in [0.2, 0.25) is 0 Å². The number of pyridine rings is 2. The molecule has 0 unspecified atom stereocenters. The predicted octanol–water partition coefficient (Wildman–Crippen LogP) is 9.30. The highest BCUT2D eigenvalue weighted by atomic mass is 19.4. The summed E-state index contributed by atoms with van der Waals surface area (Å²) >= 11 is 0. The van der Waals surface area contributed by atoms with E-state index in [0.717, 1.165) is 23.3 Å². The van der Waals surface area contributed by atoms with E-state index in [1.54, 1.807) is 50.2 Å². The second-order valence-corrected chi connectivity index (χ2v) is 10.4. The number of ether oxygens (including phenoxy) is 4. The molecular formula is C37H46F6N4O5. The van der Waals surface area contributed by atoms with Gasteiger partial charge in [-0.2, -0.15) is 26.3 Å². The molecule has 4 aromatic rings. The van der Waals surface area contributed by atoms with Crippen molar-refractivity contribution in [2.24, 2.45) is 0 Å². The van der Waals surface area contributed by atoms with E-state index in [0.29, 0.717) is 47.1 Å². The Morgan fingerprint density at radius 2 is 1.04 bits per heavy atom. The third kappa shape index (κ3) is 13.9. The van der Waals surface area contributed by atoms with Gasteiger partial charge in [0.15, 0.2) is 23.0 Å². The highest BCUT2D eigenvalue weighted by molar-refractivity contribution is 5.54. The number of anilines is 2. The average molecular weight is 741 g/mol. The van der Waals surface area contributed by atoms with Crippen molar-refractivity contribution in [3.05, 3.63) is 101 Å². The van der Waals surface area contributed by atoms with Crippen molar-refractivity contribution in [1.29, 1.82) is 0 Å². The molecule has 0 atom stereocenters. The van der Waals surface area contributed by atoms with Gasteiger partial charge in [0.1, 0.15) is 23.0 Å². The second-order valence-electron chi connectivity index (χ2n) is 10.4. The smallest absolute Gasteiger partial charge is 0.433 e. The number of rotatable bonds is 12. The summed E-state index contributed by atoms with van der Waals surface area (Å²) in [4.78, 5) is 7.26. The van der Waals surface area contributed by atoms with E-state index in [1.807, 2.05) is 6.07 Å². The Balaban J connectivity index is 0.000000475. The van der Waals surface area contributed by atoms with Crippen LogP contribution in [0.1, 0.15) is 54.9 Å². The first-order valence-corrected chi connectivity index (χ1v) is 15.5. The maximum atomic E-state index is 12.9. The molecule has 0 aliphatic heterocycles. The molecule has 2 aromatic heterocycles. The summed E-state index contributed by atoms with van der Waals surface area (Å²) in [5.41, 5.74) is 0.711. The van der Waals surface area contributed by atoms with Crippen LogP contribution in [0.5, 0.6) is 23.0 Å². The molecule has 0 spiro atoms. The minimum atomic E-state index is -4.52. The molecule has 0 aliphatic rings. The number of aliphatic hydroxyl groups excluding tert-OH is 1. The number of nitrogens with zero attached hydrogens (tertiary/aromatic N) is 2. The number of aromatic nitrogens is 2. The number of hydrogen-bond donors (Lipinski definition) is 3. The molecule has 0 fully saturated rings. The third-order valence-electron chi connectivity index (χ3n) is 6.80. The molecule has 0 radical (unpaired) electrons. The summed E-state index contributed by atoms with van der Waals surface area (Å²) in [7, 11) is 6.10. The molecule has 4 rings (SSSR count). The van der Waals surface area contributed by atoms with Gasteiger partial charge in [-0.3, -0.25) is 0 Å². The van der Waals surface area contributed by atoms with Crippen molar-refractivity contribution in [3.63, 3.8) is 0 Å². The average Bonchev–Trinajstić information content (AvgIpc) is 3.12. The molecule has 2 heterocycles. The van der Waals surface area contributed by atoms with Gasteiger partial charge in [0.25, 0.3) is 0 Å². The zero-order valence-electron chi connectivity index (χ0n) is 29.1. The number of hydrogen-bond acceptors (Lipinski definition) is 9. The predicted molar refractivity (Wildman–Crippen MR) is 191 cm³/mol. The largest absolute Gasteiger partial charge is 0.493 e. The first kappa shape index (κ1) is 44.8. The number of benzene rings is 2. The van der Waals surface area contributed by atoms with E-state index >= 15 is 0 Å². The van der Waals surface area contributed by atoms with Crippen LogP contribution in [0, 0.1) is 0 Å². The van der Waals surface area contributed by atoms with Crippen molar-refractivity contribution in [1.82, 2.24) is 9.97 Å². The van der Waals surface area contributed by atoms with Crippen LogP contribution in [0.15, 0.2) is 67.2 Å². The topological polar surface area (TPSA) is 107 Å². The van der Waals surface area contributed by atoms with Crippen LogP contribution in [-0.4, -0.2) is 50.1 Å². The summed E-state index contributed by atoms with van der Waals surface area (Å²) in [5, 5.41) is 13.4. The van der Waals surface area contributed by atoms with Gasteiger partial charge in [0, 0.05) is 19.7 Å². The maximum absolute atomic E-state index is 12.9. The summed E-state index contributed by atoms with van der Waals surface area (Å²) in [6.45, 7) is 7.83. The lowest BCUT2D eigenvalue weighted by atomic mass is 10.1. The number of halogens is 6. The van der Waals surface area contributed by atoms with Crippen LogP contribution in [0.3, 0.4) is 0 Å². The van der Waals surface area contributed by atoms with Gasteiger partial charge < -0.3 is 34.7 Å². The van der Waals surface area contributed by atoms with Crippen LogP contribution >= 0.6 is 0 Å². The van der Waals surface area contributed by atoms with E-state index in [2.05, 4.69) is 27.2 Å². The standard InChI is InChI=1S/C17H19F3N2O2.C17H17F3N2O2.C2H6O.CH4/c2*1-4-11-8-15(17(18,19)20)22-16(9-11)21-10-12-5-6-13(23-2)14(7-12)24-3;1-2-3;/h5-9H,4,10H2,1-3H3,(H,21,22);4-9H,1,10H2,2-3H3,(H,21,22);3H,2H2,1H3;1H4. The van der Waals surface area contributed by atoms with Gasteiger partial charge in [-0.05, 0) is 84.1 Å². The first-order chi connectivity index (χ1) is 24.1. The van der Waals surface area contributed by atoms with Crippen molar-refractivity contribution in [3.8, 4) is 23.0 Å². The molecule has 0 bridgehead atoms. The van der Waals surface area contributed by atoms with Crippen molar-refractivity contribution >= 4 is 17.7 Å². The van der Waals surface area contributed by atoms with Crippen LogP contribution < -0.4 is 29.6 Å². The molecule has 0 saturated carbocycles. The molecule has 0 amide bonds. The quantitative estimate of drug-likeness (QED) is 0.123. The monoisotopic (exact) mass is 740 g/mol. The molecule has 0 aliphatic carbocycles. The minimum Gasteiger partial charge on any atom is -0.493 e. The number of aryl methyl sites for hydroxylation is 1. The van der Waals surface area contributed by atoms with Crippen LogP contribution in [0.4, 0.5) is 38.0 Å². The lowest BCUT2D eigenvalue weighted by Crippen LogP contribution is -2.11. The molecule has 0 saturated heterocycles. The van der Waals surface area contributed by atoms with E-state index in [9.17, 15) is 26.3 Å². The zero-order chi connectivity index (χ0) is 38.2. The summed E-state index contributed by atoms with van der Waals surface area (Å²) in [6, 6.07) is 15.7. The maximum Gasteiger partial charge on any atom is 0.433 e. The van der Waals surface area contributed by atoms with Gasteiger partial charge in [0.05, 0.1) is 28.4 Å². The molecule has 3 N–H and O–H groups in total.